The monoisotopic (exact) mass is 236 g/mol. The molecule has 0 spiro atoms. The van der Waals surface area contributed by atoms with Gasteiger partial charge in [-0.15, -0.1) is 0 Å². The average Bonchev–Trinajstić information content (AvgIpc) is 2.36. The van der Waals surface area contributed by atoms with Gasteiger partial charge >= 0.3 is 12.0 Å². The third-order valence-electron chi connectivity index (χ3n) is 1.82. The van der Waals surface area contributed by atoms with Gasteiger partial charge in [0.2, 0.25) is 0 Å². The molecule has 2 N–H and O–H groups in total. The quantitative estimate of drug-likeness (QED) is 0.739. The highest BCUT2D eigenvalue weighted by Gasteiger charge is 2.10. The van der Waals surface area contributed by atoms with Crippen LogP contribution in [-0.2, 0) is 9.53 Å². The lowest BCUT2D eigenvalue weighted by molar-refractivity contribution is -0.123. The topological polar surface area (TPSA) is 84.5 Å². The number of imide groups is 1. The number of benzene rings is 1. The van der Waals surface area contributed by atoms with Crippen molar-refractivity contribution in [2.75, 3.05) is 13.7 Å². The molecule has 0 heterocycles. The smallest absolute Gasteiger partial charge is 0.338 e. The SMILES string of the molecule is CNC(=O)NC(=O)COC(=O)c1ccccc1. The summed E-state index contributed by atoms with van der Waals surface area (Å²) < 4.78 is 4.70. The third-order valence-corrected chi connectivity index (χ3v) is 1.82. The van der Waals surface area contributed by atoms with Gasteiger partial charge in [-0.25, -0.2) is 9.59 Å². The van der Waals surface area contributed by atoms with Crippen molar-refractivity contribution in [1.29, 1.82) is 0 Å². The van der Waals surface area contributed by atoms with Gasteiger partial charge in [0.15, 0.2) is 6.61 Å². The lowest BCUT2D eigenvalue weighted by Gasteiger charge is -2.05. The molecule has 0 radical (unpaired) electrons. The number of ether oxygens (including phenoxy) is 1. The summed E-state index contributed by atoms with van der Waals surface area (Å²) in [6.45, 7) is -0.499. The lowest BCUT2D eigenvalue weighted by atomic mass is 10.2. The normalized spacial score (nSPS) is 9.24. The second-order valence-corrected chi connectivity index (χ2v) is 3.07. The average molecular weight is 236 g/mol. The Balaban J connectivity index is 2.39. The summed E-state index contributed by atoms with van der Waals surface area (Å²) in [7, 11) is 1.37. The van der Waals surface area contributed by atoms with Gasteiger partial charge in [0, 0.05) is 7.05 Å². The first-order chi connectivity index (χ1) is 8.13. The van der Waals surface area contributed by atoms with Crippen LogP contribution in [-0.4, -0.2) is 31.6 Å². The van der Waals surface area contributed by atoms with Gasteiger partial charge < -0.3 is 10.1 Å². The van der Waals surface area contributed by atoms with Crippen LogP contribution in [0.4, 0.5) is 4.79 Å². The van der Waals surface area contributed by atoms with E-state index in [1.54, 1.807) is 30.3 Å². The summed E-state index contributed by atoms with van der Waals surface area (Å²) in [5.74, 6) is -1.30. The molecular weight excluding hydrogens is 224 g/mol. The minimum atomic E-state index is -0.686. The second-order valence-electron chi connectivity index (χ2n) is 3.07. The van der Waals surface area contributed by atoms with Crippen molar-refractivity contribution in [1.82, 2.24) is 10.6 Å². The van der Waals surface area contributed by atoms with Crippen LogP contribution in [0.15, 0.2) is 30.3 Å². The van der Waals surface area contributed by atoms with Crippen LogP contribution in [0.2, 0.25) is 0 Å². The summed E-state index contributed by atoms with van der Waals surface area (Å²) in [6, 6.07) is 7.61. The first kappa shape index (κ1) is 12.7. The molecule has 17 heavy (non-hydrogen) atoms. The third kappa shape index (κ3) is 4.33. The van der Waals surface area contributed by atoms with Crippen molar-refractivity contribution in [3.8, 4) is 0 Å². The first-order valence-corrected chi connectivity index (χ1v) is 4.87. The number of urea groups is 1. The molecule has 0 bridgehead atoms. The van der Waals surface area contributed by atoms with Gasteiger partial charge in [-0.2, -0.15) is 0 Å². The molecule has 90 valence electrons. The van der Waals surface area contributed by atoms with Gasteiger partial charge in [0.05, 0.1) is 5.56 Å². The Labute approximate surface area is 98.0 Å². The van der Waals surface area contributed by atoms with Crippen molar-refractivity contribution >= 4 is 17.9 Å². The molecule has 3 amide bonds. The van der Waals surface area contributed by atoms with Crippen LogP contribution >= 0.6 is 0 Å². The zero-order valence-electron chi connectivity index (χ0n) is 9.23. The molecule has 0 fully saturated rings. The number of carbonyl (C=O) groups is 3. The maximum absolute atomic E-state index is 11.4. The Morgan fingerprint density at radius 2 is 1.82 bits per heavy atom. The van der Waals surface area contributed by atoms with E-state index in [4.69, 9.17) is 4.74 Å². The summed E-state index contributed by atoms with van der Waals surface area (Å²) in [6.07, 6.45) is 0. The number of amides is 3. The van der Waals surface area contributed by atoms with Crippen LogP contribution in [0.1, 0.15) is 10.4 Å². The van der Waals surface area contributed by atoms with E-state index in [1.165, 1.54) is 7.05 Å². The summed E-state index contributed by atoms with van der Waals surface area (Å²) in [5.41, 5.74) is 0.347. The van der Waals surface area contributed by atoms with Gasteiger partial charge in [0.1, 0.15) is 0 Å². The number of rotatable bonds is 3. The maximum Gasteiger partial charge on any atom is 0.338 e. The molecule has 0 atom stereocenters. The molecule has 0 aliphatic heterocycles. The van der Waals surface area contributed by atoms with Crippen molar-refractivity contribution in [2.45, 2.75) is 0 Å². The lowest BCUT2D eigenvalue weighted by Crippen LogP contribution is -2.39. The molecule has 0 saturated heterocycles. The van der Waals surface area contributed by atoms with E-state index in [1.807, 2.05) is 5.32 Å². The van der Waals surface area contributed by atoms with Crippen LogP contribution in [0.3, 0.4) is 0 Å². The van der Waals surface area contributed by atoms with Crippen molar-refractivity contribution < 1.29 is 19.1 Å². The first-order valence-electron chi connectivity index (χ1n) is 4.87. The Kier molecular flexibility index (Phi) is 4.68. The van der Waals surface area contributed by atoms with Gasteiger partial charge in [-0.05, 0) is 12.1 Å². The number of esters is 1. The standard InChI is InChI=1S/C11H12N2O4/c1-12-11(16)13-9(14)7-17-10(15)8-5-3-2-4-6-8/h2-6H,7H2,1H3,(H2,12,13,14,16). The predicted octanol–water partition coefficient (Wildman–Crippen LogP) is 0.299. The molecule has 1 rings (SSSR count). The Hall–Kier alpha value is -2.37. The minimum absolute atomic E-state index is 0.347. The summed E-state index contributed by atoms with van der Waals surface area (Å²) in [4.78, 5) is 33.3. The molecule has 0 aromatic heterocycles. The maximum atomic E-state index is 11.4. The Morgan fingerprint density at radius 1 is 1.18 bits per heavy atom. The molecule has 0 saturated carbocycles. The summed E-state index contributed by atoms with van der Waals surface area (Å²) >= 11 is 0. The highest BCUT2D eigenvalue weighted by Crippen LogP contribution is 2.00. The van der Waals surface area contributed by atoms with E-state index in [9.17, 15) is 14.4 Å². The molecule has 1 aromatic rings. The molecule has 6 nitrogen and oxygen atoms in total. The number of carbonyl (C=O) groups excluding carboxylic acids is 3. The van der Waals surface area contributed by atoms with E-state index in [-0.39, 0.29) is 0 Å². The molecule has 0 unspecified atom stereocenters. The fourth-order valence-corrected chi connectivity index (χ4v) is 1.01. The van der Waals surface area contributed by atoms with Crippen molar-refractivity contribution in [3.05, 3.63) is 35.9 Å². The second kappa shape index (κ2) is 6.26. The van der Waals surface area contributed by atoms with E-state index < -0.39 is 24.5 Å². The van der Waals surface area contributed by atoms with Crippen LogP contribution in [0.5, 0.6) is 0 Å². The largest absolute Gasteiger partial charge is 0.452 e. The van der Waals surface area contributed by atoms with E-state index >= 15 is 0 Å². The predicted molar refractivity (Wildman–Crippen MR) is 59.3 cm³/mol. The van der Waals surface area contributed by atoms with E-state index in [0.717, 1.165) is 0 Å². The van der Waals surface area contributed by atoms with Gasteiger partial charge in [0.25, 0.3) is 5.91 Å². The van der Waals surface area contributed by atoms with Crippen LogP contribution in [0, 0.1) is 0 Å². The number of nitrogens with one attached hydrogen (secondary N) is 2. The zero-order chi connectivity index (χ0) is 12.7. The fourth-order valence-electron chi connectivity index (χ4n) is 1.01. The van der Waals surface area contributed by atoms with Crippen LogP contribution in [0.25, 0.3) is 0 Å². The summed E-state index contributed by atoms with van der Waals surface area (Å²) in [5, 5.41) is 4.17. The van der Waals surface area contributed by atoms with Gasteiger partial charge in [-0.1, -0.05) is 18.2 Å². The zero-order valence-corrected chi connectivity index (χ0v) is 9.23. The fraction of sp³-hybridized carbons (Fsp3) is 0.182. The number of hydrogen-bond donors (Lipinski definition) is 2. The highest BCUT2D eigenvalue weighted by atomic mass is 16.5. The molecule has 0 aliphatic carbocycles. The molecule has 1 aromatic carbocycles. The van der Waals surface area contributed by atoms with Crippen molar-refractivity contribution in [3.63, 3.8) is 0 Å². The molecule has 0 aliphatic rings. The van der Waals surface area contributed by atoms with E-state index in [0.29, 0.717) is 5.56 Å². The molecule has 6 heteroatoms. The highest BCUT2D eigenvalue weighted by molar-refractivity contribution is 5.96. The van der Waals surface area contributed by atoms with E-state index in [2.05, 4.69) is 5.32 Å². The Bertz CT molecular complexity index is 417. The minimum Gasteiger partial charge on any atom is -0.452 e. The van der Waals surface area contributed by atoms with Gasteiger partial charge in [-0.3, -0.25) is 10.1 Å². The number of hydrogen-bond acceptors (Lipinski definition) is 4. The molecular formula is C11H12N2O4. The van der Waals surface area contributed by atoms with Crippen molar-refractivity contribution in [2.24, 2.45) is 0 Å². The Morgan fingerprint density at radius 3 is 2.41 bits per heavy atom. The van der Waals surface area contributed by atoms with Crippen LogP contribution < -0.4 is 10.6 Å².